The number of halogens is 4. The highest BCUT2D eigenvalue weighted by molar-refractivity contribution is 7.97. The van der Waals surface area contributed by atoms with Gasteiger partial charge in [0.1, 0.15) is 23.3 Å². The Bertz CT molecular complexity index is 1520. The first-order valence-corrected chi connectivity index (χ1v) is 15.5. The van der Waals surface area contributed by atoms with Gasteiger partial charge in [-0.1, -0.05) is 41.7 Å². The molecule has 1 heterocycles. The van der Waals surface area contributed by atoms with Crippen molar-refractivity contribution in [2.45, 2.75) is 43.5 Å². The van der Waals surface area contributed by atoms with E-state index in [1.54, 1.807) is 54.8 Å². The molecule has 0 aromatic heterocycles. The minimum absolute atomic E-state index is 0.0908. The fraction of sp³-hybridized carbons (Fsp3) is 0.355. The van der Waals surface area contributed by atoms with Crippen molar-refractivity contribution >= 4 is 46.7 Å². The van der Waals surface area contributed by atoms with E-state index in [2.05, 4.69) is 14.8 Å². The number of benzene rings is 3. The minimum atomic E-state index is -4.86. The van der Waals surface area contributed by atoms with E-state index >= 15 is 0 Å². The Balaban J connectivity index is 1.42. The molecule has 13 heteroatoms. The number of rotatable bonds is 12. The normalized spacial score (nSPS) is 15.4. The number of ether oxygens (including phenoxy) is 3. The van der Waals surface area contributed by atoms with Crippen LogP contribution in [-0.2, 0) is 15.0 Å². The average Bonchev–Trinajstić information content (AvgIpc) is 3.69. The van der Waals surface area contributed by atoms with Gasteiger partial charge < -0.3 is 29.1 Å². The summed E-state index contributed by atoms with van der Waals surface area (Å²) >= 11 is 7.38. The number of nitrogens with one attached hydrogen (secondary N) is 2. The zero-order valence-corrected chi connectivity index (χ0v) is 25.6. The summed E-state index contributed by atoms with van der Waals surface area (Å²) in [5, 5.41) is 3.78. The highest BCUT2D eigenvalue weighted by Gasteiger charge is 2.54. The van der Waals surface area contributed by atoms with Crippen molar-refractivity contribution in [1.29, 1.82) is 0 Å². The standard InChI is InChI=1S/C31H31ClF3N3O5S/c1-41-23-14-21(15-24(16-23)42-13-3-4-27(39)37-44-2)36-28(19-5-7-20(32)8-6-19)29(40)38-18-30(11-12-30)25-10-9-22(17-26(25)38)43-31(33,34)35/h5-10,14-17,28,36H,3-4,11-13,18H2,1-2H3,(H,37,39). The van der Waals surface area contributed by atoms with E-state index in [1.807, 2.05) is 0 Å². The first-order valence-electron chi connectivity index (χ1n) is 13.9. The molecule has 1 saturated carbocycles. The maximum Gasteiger partial charge on any atom is 0.573 e. The molecule has 2 aliphatic rings. The highest BCUT2D eigenvalue weighted by atomic mass is 35.5. The summed E-state index contributed by atoms with van der Waals surface area (Å²) in [6, 6.07) is 15.2. The molecule has 1 atom stereocenters. The fourth-order valence-corrected chi connectivity index (χ4v) is 5.79. The molecule has 1 fully saturated rings. The first kappa shape index (κ1) is 31.6. The average molecular weight is 650 g/mol. The summed E-state index contributed by atoms with van der Waals surface area (Å²) in [5.74, 6) is 0.114. The molecule has 0 radical (unpaired) electrons. The number of amides is 2. The lowest BCUT2D eigenvalue weighted by Gasteiger charge is -2.27. The summed E-state index contributed by atoms with van der Waals surface area (Å²) in [7, 11) is 1.51. The van der Waals surface area contributed by atoms with Gasteiger partial charge in [-0.3, -0.25) is 9.59 Å². The van der Waals surface area contributed by atoms with Gasteiger partial charge in [-0.15, -0.1) is 13.2 Å². The van der Waals surface area contributed by atoms with Crippen LogP contribution < -0.4 is 29.1 Å². The number of methoxy groups -OCH3 is 1. The fourth-order valence-electron chi connectivity index (χ4n) is 5.34. The third-order valence-corrected chi connectivity index (χ3v) is 8.24. The molecule has 44 heavy (non-hydrogen) atoms. The van der Waals surface area contributed by atoms with Crippen LogP contribution in [0.15, 0.2) is 60.7 Å². The van der Waals surface area contributed by atoms with E-state index in [4.69, 9.17) is 21.1 Å². The lowest BCUT2D eigenvalue weighted by molar-refractivity contribution is -0.274. The molecule has 0 saturated heterocycles. The summed E-state index contributed by atoms with van der Waals surface area (Å²) in [5.41, 5.74) is 2.07. The third kappa shape index (κ3) is 7.47. The van der Waals surface area contributed by atoms with Gasteiger partial charge in [0.2, 0.25) is 5.91 Å². The van der Waals surface area contributed by atoms with E-state index in [9.17, 15) is 22.8 Å². The molecule has 1 aliphatic carbocycles. The molecule has 2 N–H and O–H groups in total. The van der Waals surface area contributed by atoms with Crippen LogP contribution in [0.5, 0.6) is 17.2 Å². The molecule has 234 valence electrons. The molecule has 0 bridgehead atoms. The SMILES string of the molecule is COc1cc(NC(C(=O)N2CC3(CC3)c3ccc(OC(F)(F)F)cc32)c2ccc(Cl)cc2)cc(OCCCC(=O)NSC)c1. The Kier molecular flexibility index (Phi) is 9.40. The lowest BCUT2D eigenvalue weighted by Crippen LogP contribution is -2.38. The van der Waals surface area contributed by atoms with E-state index in [0.29, 0.717) is 52.8 Å². The predicted octanol–water partition coefficient (Wildman–Crippen LogP) is 7.03. The number of fused-ring (bicyclic) bond motifs is 2. The number of carbonyl (C=O) groups is 2. The monoisotopic (exact) mass is 649 g/mol. The Labute approximate surface area is 262 Å². The second kappa shape index (κ2) is 13.1. The molecule has 2 amide bonds. The second-order valence-electron chi connectivity index (χ2n) is 10.6. The number of carbonyl (C=O) groups excluding carboxylic acids is 2. The van der Waals surface area contributed by atoms with E-state index < -0.39 is 12.4 Å². The molecule has 1 aliphatic heterocycles. The van der Waals surface area contributed by atoms with Crippen LogP contribution in [0.4, 0.5) is 24.5 Å². The smallest absolute Gasteiger partial charge is 0.497 e. The van der Waals surface area contributed by atoms with Crippen LogP contribution in [0.3, 0.4) is 0 Å². The Morgan fingerprint density at radius 1 is 1.05 bits per heavy atom. The summed E-state index contributed by atoms with van der Waals surface area (Å²) in [6.45, 7) is 0.627. The van der Waals surface area contributed by atoms with Crippen molar-refractivity contribution in [1.82, 2.24) is 4.72 Å². The molecule has 3 aromatic rings. The van der Waals surface area contributed by atoms with Gasteiger partial charge in [-0.2, -0.15) is 0 Å². The zero-order valence-electron chi connectivity index (χ0n) is 24.0. The van der Waals surface area contributed by atoms with Gasteiger partial charge in [-0.05, 0) is 48.6 Å². The van der Waals surface area contributed by atoms with Crippen LogP contribution >= 0.6 is 23.5 Å². The van der Waals surface area contributed by atoms with Gasteiger partial charge in [0, 0.05) is 59.6 Å². The van der Waals surface area contributed by atoms with Gasteiger partial charge in [0.15, 0.2) is 0 Å². The molecular weight excluding hydrogens is 619 g/mol. The Hall–Kier alpha value is -3.77. The maximum atomic E-state index is 14.3. The summed E-state index contributed by atoms with van der Waals surface area (Å²) in [6.07, 6.45) is -0.631. The van der Waals surface area contributed by atoms with Gasteiger partial charge >= 0.3 is 6.36 Å². The summed E-state index contributed by atoms with van der Waals surface area (Å²) < 4.78 is 57.3. The zero-order chi connectivity index (χ0) is 31.5. The van der Waals surface area contributed by atoms with Crippen molar-refractivity contribution in [2.24, 2.45) is 0 Å². The van der Waals surface area contributed by atoms with Crippen LogP contribution in [0.25, 0.3) is 0 Å². The van der Waals surface area contributed by atoms with Crippen LogP contribution in [0.1, 0.15) is 42.9 Å². The van der Waals surface area contributed by atoms with Crippen molar-refractivity contribution in [3.8, 4) is 17.2 Å². The van der Waals surface area contributed by atoms with Gasteiger partial charge in [-0.25, -0.2) is 0 Å². The van der Waals surface area contributed by atoms with Crippen molar-refractivity contribution in [3.63, 3.8) is 0 Å². The summed E-state index contributed by atoms with van der Waals surface area (Å²) in [4.78, 5) is 27.6. The Morgan fingerprint density at radius 2 is 1.77 bits per heavy atom. The number of alkyl halides is 3. The Morgan fingerprint density at radius 3 is 2.43 bits per heavy atom. The third-order valence-electron chi connectivity index (χ3n) is 7.56. The minimum Gasteiger partial charge on any atom is -0.497 e. The van der Waals surface area contributed by atoms with Crippen molar-refractivity contribution in [3.05, 3.63) is 76.8 Å². The van der Waals surface area contributed by atoms with Gasteiger partial charge in [0.05, 0.1) is 19.4 Å². The van der Waals surface area contributed by atoms with E-state index in [0.717, 1.165) is 18.4 Å². The van der Waals surface area contributed by atoms with E-state index in [1.165, 1.54) is 36.1 Å². The quantitative estimate of drug-likeness (QED) is 0.161. The maximum absolute atomic E-state index is 14.3. The number of anilines is 2. The van der Waals surface area contributed by atoms with Crippen LogP contribution in [0, 0.1) is 0 Å². The first-order chi connectivity index (χ1) is 21.0. The van der Waals surface area contributed by atoms with Crippen LogP contribution in [-0.4, -0.2) is 44.7 Å². The molecule has 1 unspecified atom stereocenters. The number of nitrogens with zero attached hydrogens (tertiary/aromatic N) is 1. The van der Waals surface area contributed by atoms with Crippen molar-refractivity contribution in [2.75, 3.05) is 36.7 Å². The highest BCUT2D eigenvalue weighted by Crippen LogP contribution is 2.57. The topological polar surface area (TPSA) is 89.1 Å². The lowest BCUT2D eigenvalue weighted by atomic mass is 9.99. The van der Waals surface area contributed by atoms with Gasteiger partial charge in [0.25, 0.3) is 5.91 Å². The van der Waals surface area contributed by atoms with Crippen LogP contribution in [0.2, 0.25) is 5.02 Å². The second-order valence-corrected chi connectivity index (χ2v) is 11.7. The largest absolute Gasteiger partial charge is 0.573 e. The molecule has 1 spiro atoms. The van der Waals surface area contributed by atoms with Crippen molar-refractivity contribution < 1.29 is 37.0 Å². The molecule has 3 aromatic carbocycles. The predicted molar refractivity (Wildman–Crippen MR) is 164 cm³/mol. The molecular formula is C31H31ClF3N3O5S. The molecule has 8 nitrogen and oxygen atoms in total. The number of hydrogen-bond donors (Lipinski definition) is 2. The number of hydrogen-bond acceptors (Lipinski definition) is 7. The van der Waals surface area contributed by atoms with E-state index in [-0.39, 0.29) is 29.6 Å². The molecule has 5 rings (SSSR count).